The first-order chi connectivity index (χ1) is 21.9. The van der Waals surface area contributed by atoms with Crippen LogP contribution in [-0.4, -0.2) is 57.7 Å². The lowest BCUT2D eigenvalue weighted by atomic mass is 10.2. The molecule has 1 aliphatic rings. The molecule has 1 amide bonds. The highest BCUT2D eigenvalue weighted by molar-refractivity contribution is 7.91. The molecule has 1 fully saturated rings. The van der Waals surface area contributed by atoms with E-state index in [1.807, 2.05) is 4.90 Å². The van der Waals surface area contributed by atoms with Crippen LogP contribution in [0.2, 0.25) is 0 Å². The SMILES string of the molecule is CC(C)n1cc(C(=O)Nc2ccc(Oc3cc(N4CCS(=O)(=O)CC4)cn4nccc34)c(F)c2)c(=O)n(-c2ccc(F)cc2)c1=O. The predicted octanol–water partition coefficient (Wildman–Crippen LogP) is 3.79. The van der Waals surface area contributed by atoms with E-state index in [0.717, 1.165) is 29.0 Å². The van der Waals surface area contributed by atoms with Gasteiger partial charge in [-0.15, -0.1) is 0 Å². The first-order valence-electron chi connectivity index (χ1n) is 14.3. The van der Waals surface area contributed by atoms with E-state index in [2.05, 4.69) is 10.4 Å². The zero-order valence-corrected chi connectivity index (χ0v) is 25.5. The van der Waals surface area contributed by atoms with Gasteiger partial charge in [-0.25, -0.2) is 31.1 Å². The summed E-state index contributed by atoms with van der Waals surface area (Å²) in [5, 5.41) is 6.74. The summed E-state index contributed by atoms with van der Waals surface area (Å²) in [5.74, 6) is -2.13. The molecule has 12 nitrogen and oxygen atoms in total. The summed E-state index contributed by atoms with van der Waals surface area (Å²) in [7, 11) is -3.10. The zero-order valence-electron chi connectivity index (χ0n) is 24.7. The monoisotopic (exact) mass is 650 g/mol. The smallest absolute Gasteiger partial charge is 0.335 e. The highest BCUT2D eigenvalue weighted by Crippen LogP contribution is 2.33. The summed E-state index contributed by atoms with van der Waals surface area (Å²) in [4.78, 5) is 41.6. The van der Waals surface area contributed by atoms with E-state index in [9.17, 15) is 27.2 Å². The molecule has 0 bridgehead atoms. The van der Waals surface area contributed by atoms with E-state index in [-0.39, 0.29) is 39.9 Å². The summed E-state index contributed by atoms with van der Waals surface area (Å²) >= 11 is 0. The number of hydrogen-bond acceptors (Lipinski definition) is 8. The van der Waals surface area contributed by atoms with Crippen LogP contribution in [0.5, 0.6) is 11.5 Å². The van der Waals surface area contributed by atoms with E-state index in [1.54, 1.807) is 42.9 Å². The number of nitrogens with zero attached hydrogens (tertiary/aromatic N) is 5. The van der Waals surface area contributed by atoms with Crippen molar-refractivity contribution in [3.05, 3.63) is 111 Å². The van der Waals surface area contributed by atoms with Crippen LogP contribution in [0.1, 0.15) is 30.2 Å². The zero-order chi connectivity index (χ0) is 32.7. The Kier molecular flexibility index (Phi) is 7.94. The number of amides is 1. The van der Waals surface area contributed by atoms with Crippen molar-refractivity contribution >= 4 is 32.6 Å². The summed E-state index contributed by atoms with van der Waals surface area (Å²) in [5.41, 5.74) is -0.733. The number of pyridine rings is 1. The second kappa shape index (κ2) is 11.9. The van der Waals surface area contributed by atoms with Crippen molar-refractivity contribution in [1.29, 1.82) is 0 Å². The van der Waals surface area contributed by atoms with E-state index in [0.29, 0.717) is 24.3 Å². The van der Waals surface area contributed by atoms with Gasteiger partial charge in [-0.1, -0.05) is 0 Å². The maximum Gasteiger partial charge on any atom is 0.335 e. The van der Waals surface area contributed by atoms with Crippen molar-refractivity contribution in [2.75, 3.05) is 34.8 Å². The molecule has 15 heteroatoms. The molecule has 3 aromatic heterocycles. The Bertz CT molecular complexity index is 2200. The van der Waals surface area contributed by atoms with E-state index >= 15 is 4.39 Å². The fourth-order valence-electron chi connectivity index (χ4n) is 5.10. The van der Waals surface area contributed by atoms with Crippen molar-refractivity contribution in [2.24, 2.45) is 0 Å². The van der Waals surface area contributed by atoms with Gasteiger partial charge in [-0.05, 0) is 56.3 Å². The number of hydrogen-bond donors (Lipinski definition) is 1. The number of aromatic nitrogens is 4. The number of nitrogens with one attached hydrogen (secondary N) is 1. The summed E-state index contributed by atoms with van der Waals surface area (Å²) < 4.78 is 62.1. The molecule has 1 N–H and O–H groups in total. The van der Waals surface area contributed by atoms with Gasteiger partial charge in [0.2, 0.25) is 0 Å². The molecule has 0 aliphatic carbocycles. The minimum atomic E-state index is -3.10. The molecule has 5 aromatic rings. The van der Waals surface area contributed by atoms with Crippen LogP contribution in [-0.2, 0) is 9.84 Å². The molecular formula is C31H28F2N6O6S. The maximum absolute atomic E-state index is 15.4. The second-order valence-corrected chi connectivity index (χ2v) is 13.3. The van der Waals surface area contributed by atoms with Gasteiger partial charge >= 0.3 is 5.69 Å². The first kappa shape index (κ1) is 30.7. The second-order valence-electron chi connectivity index (χ2n) is 11.0. The Morgan fingerprint density at radius 3 is 2.33 bits per heavy atom. The lowest BCUT2D eigenvalue weighted by Crippen LogP contribution is -2.42. The summed E-state index contributed by atoms with van der Waals surface area (Å²) in [6.45, 7) is 3.98. The molecule has 4 heterocycles. The third kappa shape index (κ3) is 6.00. The molecular weight excluding hydrogens is 622 g/mol. The van der Waals surface area contributed by atoms with Gasteiger partial charge in [-0.2, -0.15) is 5.10 Å². The molecule has 0 radical (unpaired) electrons. The topological polar surface area (TPSA) is 137 Å². The molecule has 46 heavy (non-hydrogen) atoms. The summed E-state index contributed by atoms with van der Waals surface area (Å²) in [6.07, 6.45) is 4.43. The number of carbonyl (C=O) groups is 1. The van der Waals surface area contributed by atoms with Gasteiger partial charge in [0, 0.05) is 43.1 Å². The van der Waals surface area contributed by atoms with Crippen LogP contribution >= 0.6 is 0 Å². The number of benzene rings is 2. The van der Waals surface area contributed by atoms with Crippen molar-refractivity contribution in [3.8, 4) is 17.2 Å². The quantitative estimate of drug-likeness (QED) is 0.281. The maximum atomic E-state index is 15.4. The molecule has 6 rings (SSSR count). The number of fused-ring (bicyclic) bond motifs is 1. The molecule has 238 valence electrons. The highest BCUT2D eigenvalue weighted by Gasteiger charge is 2.24. The van der Waals surface area contributed by atoms with Crippen molar-refractivity contribution in [1.82, 2.24) is 18.7 Å². The third-order valence-corrected chi connectivity index (χ3v) is 9.18. The normalized spacial score (nSPS) is 14.5. The molecule has 0 spiro atoms. The molecule has 0 atom stereocenters. The Balaban J connectivity index is 1.27. The average Bonchev–Trinajstić information content (AvgIpc) is 3.48. The number of halogens is 2. The van der Waals surface area contributed by atoms with Gasteiger partial charge in [0.15, 0.2) is 27.2 Å². The van der Waals surface area contributed by atoms with Crippen molar-refractivity contribution < 1.29 is 26.7 Å². The first-order valence-corrected chi connectivity index (χ1v) is 16.1. The number of sulfone groups is 1. The number of carbonyl (C=O) groups excluding carboxylic acids is 1. The Morgan fingerprint density at radius 2 is 1.65 bits per heavy atom. The molecule has 1 saturated heterocycles. The van der Waals surface area contributed by atoms with Crippen molar-refractivity contribution in [3.63, 3.8) is 0 Å². The highest BCUT2D eigenvalue weighted by atomic mass is 32.2. The van der Waals surface area contributed by atoms with Gasteiger partial charge in [0.05, 0.1) is 35.3 Å². The van der Waals surface area contributed by atoms with E-state index in [1.165, 1.54) is 28.8 Å². The average molecular weight is 651 g/mol. The van der Waals surface area contributed by atoms with Crippen LogP contribution < -0.4 is 26.2 Å². The standard InChI is InChI=1S/C31H28F2N6O6S/c1-19(2)37-18-24(30(41)39(31(37)42)22-6-3-20(32)4-7-22)29(40)35-21-5-8-27(25(33)15-21)45-28-16-23(17-38-26(28)9-10-34-38)36-11-13-46(43,44)14-12-36/h3-10,15-19H,11-14H2,1-2H3,(H,35,40). The lowest BCUT2D eigenvalue weighted by Gasteiger charge is -2.29. The van der Waals surface area contributed by atoms with Gasteiger partial charge < -0.3 is 15.0 Å². The van der Waals surface area contributed by atoms with Crippen LogP contribution in [0.25, 0.3) is 11.2 Å². The number of ether oxygens (including phenoxy) is 1. The van der Waals surface area contributed by atoms with Crippen LogP contribution in [0.3, 0.4) is 0 Å². The molecule has 0 unspecified atom stereocenters. The van der Waals surface area contributed by atoms with Crippen molar-refractivity contribution in [2.45, 2.75) is 19.9 Å². The Labute approximate surface area is 261 Å². The van der Waals surface area contributed by atoms with E-state index in [4.69, 9.17) is 4.74 Å². The lowest BCUT2D eigenvalue weighted by molar-refractivity contribution is 0.102. The van der Waals surface area contributed by atoms with Crippen LogP contribution in [0, 0.1) is 11.6 Å². The van der Waals surface area contributed by atoms with Gasteiger partial charge in [0.25, 0.3) is 11.5 Å². The molecule has 1 aliphatic heterocycles. The van der Waals surface area contributed by atoms with Crippen LogP contribution in [0.15, 0.2) is 82.8 Å². The number of anilines is 2. The number of rotatable bonds is 7. The fourth-order valence-corrected chi connectivity index (χ4v) is 6.30. The van der Waals surface area contributed by atoms with E-state index < -0.39 is 44.7 Å². The minimum Gasteiger partial charge on any atom is -0.452 e. The van der Waals surface area contributed by atoms with Crippen LogP contribution in [0.4, 0.5) is 20.2 Å². The van der Waals surface area contributed by atoms with Gasteiger partial charge in [0.1, 0.15) is 16.9 Å². The Hall–Kier alpha value is -5.31. The summed E-state index contributed by atoms with van der Waals surface area (Å²) in [6, 6.07) is 11.3. The minimum absolute atomic E-state index is 0.0146. The fraction of sp³-hybridized carbons (Fsp3) is 0.226. The predicted molar refractivity (Wildman–Crippen MR) is 167 cm³/mol. The van der Waals surface area contributed by atoms with Gasteiger partial charge in [-0.3, -0.25) is 14.2 Å². The molecule has 0 saturated carbocycles. The largest absolute Gasteiger partial charge is 0.452 e. The third-order valence-electron chi connectivity index (χ3n) is 7.58. The Morgan fingerprint density at radius 1 is 0.935 bits per heavy atom. The molecule has 2 aromatic carbocycles.